The summed E-state index contributed by atoms with van der Waals surface area (Å²) in [7, 11) is 0. The molecule has 0 atom stereocenters. The van der Waals surface area contributed by atoms with Gasteiger partial charge in [-0.15, -0.1) is 0 Å². The van der Waals surface area contributed by atoms with Gasteiger partial charge in [0.1, 0.15) is 11.6 Å². The summed E-state index contributed by atoms with van der Waals surface area (Å²) in [6.07, 6.45) is 1.45. The first-order valence-electron chi connectivity index (χ1n) is 5.69. The van der Waals surface area contributed by atoms with Crippen molar-refractivity contribution in [2.24, 2.45) is 0 Å². The molecule has 0 saturated carbocycles. The highest BCUT2D eigenvalue weighted by Crippen LogP contribution is 2.21. The van der Waals surface area contributed by atoms with Gasteiger partial charge in [0.15, 0.2) is 0 Å². The van der Waals surface area contributed by atoms with Crippen LogP contribution in [0.1, 0.15) is 11.1 Å². The molecule has 98 valence electrons. The lowest BCUT2D eigenvalue weighted by atomic mass is 10.2. The summed E-state index contributed by atoms with van der Waals surface area (Å²) in [5.74, 6) is 0.581. The SMILES string of the molecule is Cc1cnc(NCc2ccccc2O)cc1[N+](=O)[O-]. The van der Waals surface area contributed by atoms with Gasteiger partial charge in [-0.3, -0.25) is 10.1 Å². The maximum absolute atomic E-state index is 10.8. The summed E-state index contributed by atoms with van der Waals surface area (Å²) in [5.41, 5.74) is 1.24. The van der Waals surface area contributed by atoms with Gasteiger partial charge >= 0.3 is 0 Å². The number of phenolic OH excluding ortho intramolecular Hbond substituents is 1. The standard InChI is InChI=1S/C13H13N3O3/c1-9-7-14-13(6-11(9)16(18)19)15-8-10-4-2-3-5-12(10)17/h2-7,17H,8H2,1H3,(H,14,15). The Hall–Kier alpha value is -2.63. The molecule has 6 heteroatoms. The highest BCUT2D eigenvalue weighted by Gasteiger charge is 2.12. The highest BCUT2D eigenvalue weighted by molar-refractivity contribution is 5.49. The van der Waals surface area contributed by atoms with Gasteiger partial charge in [0, 0.05) is 23.9 Å². The summed E-state index contributed by atoms with van der Waals surface area (Å²) in [6.45, 7) is 1.98. The number of pyridine rings is 1. The van der Waals surface area contributed by atoms with E-state index >= 15 is 0 Å². The van der Waals surface area contributed by atoms with Gasteiger partial charge in [-0.25, -0.2) is 4.98 Å². The minimum atomic E-state index is -0.442. The first kappa shape index (κ1) is 12.8. The molecule has 2 N–H and O–H groups in total. The van der Waals surface area contributed by atoms with Crippen molar-refractivity contribution in [3.63, 3.8) is 0 Å². The summed E-state index contributed by atoms with van der Waals surface area (Å²) in [6, 6.07) is 8.28. The molecule has 0 aliphatic heterocycles. The lowest BCUT2D eigenvalue weighted by molar-refractivity contribution is -0.385. The van der Waals surface area contributed by atoms with Gasteiger partial charge in [0.05, 0.1) is 11.0 Å². The molecule has 2 aromatic rings. The van der Waals surface area contributed by atoms with E-state index in [1.165, 1.54) is 12.3 Å². The van der Waals surface area contributed by atoms with E-state index in [1.807, 2.05) is 6.07 Å². The van der Waals surface area contributed by atoms with Gasteiger partial charge in [0.25, 0.3) is 5.69 Å². The van der Waals surface area contributed by atoms with Crippen LogP contribution in [-0.2, 0) is 6.54 Å². The summed E-state index contributed by atoms with van der Waals surface area (Å²) in [5, 5.41) is 23.4. The first-order valence-corrected chi connectivity index (χ1v) is 5.69. The number of hydrogen-bond acceptors (Lipinski definition) is 5. The quantitative estimate of drug-likeness (QED) is 0.650. The van der Waals surface area contributed by atoms with Crippen LogP contribution in [0.2, 0.25) is 0 Å². The number of aromatic hydroxyl groups is 1. The van der Waals surface area contributed by atoms with Crippen LogP contribution >= 0.6 is 0 Å². The van der Waals surface area contributed by atoms with E-state index in [1.54, 1.807) is 25.1 Å². The van der Waals surface area contributed by atoms with E-state index in [2.05, 4.69) is 10.3 Å². The zero-order valence-corrected chi connectivity index (χ0v) is 10.3. The zero-order chi connectivity index (χ0) is 13.8. The zero-order valence-electron chi connectivity index (χ0n) is 10.3. The molecule has 0 saturated heterocycles. The molecule has 6 nitrogen and oxygen atoms in total. The molecule has 1 aromatic heterocycles. The highest BCUT2D eigenvalue weighted by atomic mass is 16.6. The van der Waals surface area contributed by atoms with Gasteiger partial charge in [-0.1, -0.05) is 18.2 Å². The van der Waals surface area contributed by atoms with E-state index in [9.17, 15) is 15.2 Å². The number of benzene rings is 1. The van der Waals surface area contributed by atoms with Gasteiger partial charge in [-0.05, 0) is 13.0 Å². The Bertz CT molecular complexity index is 614. The number of nitro groups is 1. The third-order valence-corrected chi connectivity index (χ3v) is 2.72. The van der Waals surface area contributed by atoms with Crippen molar-refractivity contribution in [2.45, 2.75) is 13.5 Å². The fourth-order valence-corrected chi connectivity index (χ4v) is 1.65. The van der Waals surface area contributed by atoms with Crippen molar-refractivity contribution in [1.29, 1.82) is 0 Å². The first-order chi connectivity index (χ1) is 9.08. The van der Waals surface area contributed by atoms with E-state index in [4.69, 9.17) is 0 Å². The molecule has 0 spiro atoms. The number of anilines is 1. The predicted molar refractivity (Wildman–Crippen MR) is 71.1 cm³/mol. The van der Waals surface area contributed by atoms with Crippen LogP contribution in [0, 0.1) is 17.0 Å². The van der Waals surface area contributed by atoms with E-state index < -0.39 is 4.92 Å². The van der Waals surface area contributed by atoms with Crippen molar-refractivity contribution in [3.05, 3.63) is 57.8 Å². The number of rotatable bonds is 4. The van der Waals surface area contributed by atoms with E-state index in [0.717, 1.165) is 0 Å². The topological polar surface area (TPSA) is 88.3 Å². The second-order valence-corrected chi connectivity index (χ2v) is 4.10. The molecule has 1 heterocycles. The third kappa shape index (κ3) is 2.98. The average molecular weight is 259 g/mol. The molecule has 0 bridgehead atoms. The molecule has 2 rings (SSSR count). The lowest BCUT2D eigenvalue weighted by Gasteiger charge is -2.07. The molecule has 0 aliphatic rings. The summed E-state index contributed by atoms with van der Waals surface area (Å²) in [4.78, 5) is 14.4. The predicted octanol–water partition coefficient (Wildman–Crippen LogP) is 2.62. The van der Waals surface area contributed by atoms with Crippen molar-refractivity contribution in [1.82, 2.24) is 4.98 Å². The Labute approximate surface area is 109 Å². The molecular formula is C13H13N3O3. The molecule has 0 radical (unpaired) electrons. The number of para-hydroxylation sites is 1. The largest absolute Gasteiger partial charge is 0.508 e. The van der Waals surface area contributed by atoms with Crippen LogP contribution in [0.25, 0.3) is 0 Å². The van der Waals surface area contributed by atoms with Gasteiger partial charge < -0.3 is 10.4 Å². The van der Waals surface area contributed by atoms with Gasteiger partial charge in [-0.2, -0.15) is 0 Å². The molecular weight excluding hydrogens is 246 g/mol. The minimum Gasteiger partial charge on any atom is -0.508 e. The number of nitrogens with one attached hydrogen (secondary N) is 1. The molecule has 0 fully saturated rings. The summed E-state index contributed by atoms with van der Waals surface area (Å²) >= 11 is 0. The molecule has 0 aliphatic carbocycles. The number of hydrogen-bond donors (Lipinski definition) is 2. The number of phenols is 1. The van der Waals surface area contributed by atoms with Crippen molar-refractivity contribution < 1.29 is 10.0 Å². The second-order valence-electron chi connectivity index (χ2n) is 4.10. The van der Waals surface area contributed by atoms with Crippen LogP contribution in [0.3, 0.4) is 0 Å². The monoisotopic (exact) mass is 259 g/mol. The Morgan fingerprint density at radius 3 is 2.84 bits per heavy atom. The molecule has 19 heavy (non-hydrogen) atoms. The van der Waals surface area contributed by atoms with Crippen LogP contribution in [0.4, 0.5) is 11.5 Å². The van der Waals surface area contributed by atoms with Crippen LogP contribution < -0.4 is 5.32 Å². The Balaban J connectivity index is 2.14. The third-order valence-electron chi connectivity index (χ3n) is 2.72. The van der Waals surface area contributed by atoms with Crippen molar-refractivity contribution in [3.8, 4) is 5.75 Å². The van der Waals surface area contributed by atoms with Crippen LogP contribution in [0.5, 0.6) is 5.75 Å². The number of aromatic nitrogens is 1. The maximum Gasteiger partial charge on any atom is 0.277 e. The Kier molecular flexibility index (Phi) is 3.61. The Morgan fingerprint density at radius 2 is 2.16 bits per heavy atom. The lowest BCUT2D eigenvalue weighted by Crippen LogP contribution is -2.03. The van der Waals surface area contributed by atoms with Gasteiger partial charge in [0.2, 0.25) is 0 Å². The maximum atomic E-state index is 10.8. The summed E-state index contributed by atoms with van der Waals surface area (Å²) < 4.78 is 0. The van der Waals surface area contributed by atoms with Crippen molar-refractivity contribution in [2.75, 3.05) is 5.32 Å². The van der Waals surface area contributed by atoms with Crippen molar-refractivity contribution >= 4 is 11.5 Å². The number of nitrogens with zero attached hydrogens (tertiary/aromatic N) is 2. The number of aryl methyl sites for hydroxylation is 1. The fourth-order valence-electron chi connectivity index (χ4n) is 1.65. The molecule has 0 unspecified atom stereocenters. The molecule has 1 aromatic carbocycles. The Morgan fingerprint density at radius 1 is 1.42 bits per heavy atom. The molecule has 0 amide bonds. The van der Waals surface area contributed by atoms with E-state index in [0.29, 0.717) is 23.5 Å². The average Bonchev–Trinajstić information content (AvgIpc) is 2.39. The fraction of sp³-hybridized carbons (Fsp3) is 0.154. The van der Waals surface area contributed by atoms with Crippen LogP contribution in [0.15, 0.2) is 36.5 Å². The van der Waals surface area contributed by atoms with Crippen LogP contribution in [-0.4, -0.2) is 15.0 Å². The smallest absolute Gasteiger partial charge is 0.277 e. The normalized spacial score (nSPS) is 10.2. The minimum absolute atomic E-state index is 0.0229. The van der Waals surface area contributed by atoms with E-state index in [-0.39, 0.29) is 11.4 Å². The second kappa shape index (κ2) is 5.34.